The summed E-state index contributed by atoms with van der Waals surface area (Å²) in [6, 6.07) is 22.6. The molecule has 5 aromatic rings. The van der Waals surface area contributed by atoms with E-state index in [1.807, 2.05) is 26.0 Å². The molecule has 0 radical (unpaired) electrons. The second-order valence-electron chi connectivity index (χ2n) is 14.6. The summed E-state index contributed by atoms with van der Waals surface area (Å²) in [5.74, 6) is -3.83. The van der Waals surface area contributed by atoms with Gasteiger partial charge in [0.15, 0.2) is 11.6 Å². The van der Waals surface area contributed by atoms with E-state index in [-0.39, 0.29) is 43.3 Å². The smallest absolute Gasteiger partial charge is 0.258 e. The Hall–Kier alpha value is -6.32. The number of Topliss-reactive ketones (excluding diaryl/α,β-unsaturated/α-hetero) is 2. The second-order valence-corrected chi connectivity index (χ2v) is 16.7. The molecule has 0 aliphatic rings. The minimum atomic E-state index is -1.56. The van der Waals surface area contributed by atoms with Gasteiger partial charge in [-0.15, -0.1) is 23.2 Å². The molecule has 18 heteroatoms. The molecule has 5 aromatic carbocycles. The van der Waals surface area contributed by atoms with Gasteiger partial charge in [0.1, 0.15) is 0 Å². The van der Waals surface area contributed by atoms with Crippen LogP contribution in [0.4, 0.5) is 34.1 Å². The summed E-state index contributed by atoms with van der Waals surface area (Å²) < 4.78 is 0. The van der Waals surface area contributed by atoms with Crippen molar-refractivity contribution >= 4 is 116 Å². The Kier molecular flexibility index (Phi) is 16.6. The Morgan fingerprint density at radius 1 is 0.516 bits per heavy atom. The Morgan fingerprint density at radius 2 is 0.891 bits per heavy atom. The molecule has 0 fully saturated rings. The number of carbonyl (C=O) groups excluding carboxylic acids is 6. The molecular weight excluding hydrogens is 902 g/mol. The highest BCUT2D eigenvalue weighted by atomic mass is 35.5. The second kappa shape index (κ2) is 21.8. The number of benzene rings is 5. The fraction of sp³-hybridized carbons (Fsp3) is 0.217. The minimum absolute atomic E-state index is 0.0833. The molecule has 0 aliphatic carbocycles. The largest absolute Gasteiger partial charge is 0.324 e. The number of anilines is 4. The molecule has 0 spiro atoms. The number of hydrogen-bond donors (Lipinski definition) is 4. The van der Waals surface area contributed by atoms with E-state index in [1.165, 1.54) is 62.4 Å². The average molecular weight is 945 g/mol. The van der Waals surface area contributed by atoms with Crippen LogP contribution in [0.1, 0.15) is 81.4 Å². The molecule has 0 aromatic heterocycles. The molecular formula is C46H42Cl4N8O6. The highest BCUT2D eigenvalue weighted by molar-refractivity contribution is 6.35. The van der Waals surface area contributed by atoms with Gasteiger partial charge in [0, 0.05) is 22.7 Å². The number of nitrogens with one attached hydrogen (secondary N) is 4. The Balaban J connectivity index is 1.25. The lowest BCUT2D eigenvalue weighted by molar-refractivity contribution is -0.127. The van der Waals surface area contributed by atoms with E-state index in [4.69, 9.17) is 46.4 Å². The SMILES string of the molecule is CC(=O)C(N=Nc1ccc(Cl)c(C(=O)Nc2cccc(C(C)Cl)c2)c1)C(=O)Nc1ccc(NC(=O)C(N=Nc2ccc(Cl)c(C(=O)Nc3cccc(C(C)Cl)c3)c2)C(C)=O)c(C)c1C. The van der Waals surface area contributed by atoms with Crippen LogP contribution in [0.5, 0.6) is 0 Å². The minimum Gasteiger partial charge on any atom is -0.324 e. The first-order valence-corrected chi connectivity index (χ1v) is 21.2. The van der Waals surface area contributed by atoms with Gasteiger partial charge in [-0.2, -0.15) is 20.5 Å². The fourth-order valence-corrected chi connectivity index (χ4v) is 6.68. The van der Waals surface area contributed by atoms with Gasteiger partial charge < -0.3 is 21.3 Å². The number of alkyl halides is 2. The lowest BCUT2D eigenvalue weighted by atomic mass is 10.0. The molecule has 0 heterocycles. The first-order valence-electron chi connectivity index (χ1n) is 19.6. The molecule has 5 rings (SSSR count). The van der Waals surface area contributed by atoms with Crippen molar-refractivity contribution in [2.24, 2.45) is 20.5 Å². The molecule has 4 unspecified atom stereocenters. The average Bonchev–Trinajstić information content (AvgIpc) is 3.24. The van der Waals surface area contributed by atoms with Gasteiger partial charge in [0.2, 0.25) is 12.1 Å². The third kappa shape index (κ3) is 12.7. The van der Waals surface area contributed by atoms with Gasteiger partial charge >= 0.3 is 0 Å². The standard InChI is InChI=1S/C46H42Cl4N8O6/c1-23-24(2)40(54-46(64)42(28(6)60)58-56-34-14-16-38(50)36(22-34)44(62)52-32-12-8-10-30(20-32)26(4)48)18-17-39(23)53-45(63)41(27(5)59)57-55-33-13-15-37(49)35(21-33)43(61)51-31-11-7-9-29(19-31)25(3)47/h7-22,25-26,41-42H,1-6H3,(H,51,61)(H,52,62)(H,53,63)(H,54,64). The van der Waals surface area contributed by atoms with Crippen LogP contribution in [0, 0.1) is 13.8 Å². The number of azo groups is 2. The first kappa shape index (κ1) is 48.7. The molecule has 4 N–H and O–H groups in total. The zero-order chi connectivity index (χ0) is 46.8. The third-order valence-corrected chi connectivity index (χ3v) is 10.9. The maximum atomic E-state index is 13.4. The zero-order valence-electron chi connectivity index (χ0n) is 35.3. The van der Waals surface area contributed by atoms with Gasteiger partial charge in [-0.05, 0) is 137 Å². The number of amides is 4. The number of halogens is 4. The van der Waals surface area contributed by atoms with E-state index in [2.05, 4.69) is 41.7 Å². The molecule has 4 amide bonds. The Morgan fingerprint density at radius 3 is 1.23 bits per heavy atom. The summed E-state index contributed by atoms with van der Waals surface area (Å²) in [6.45, 7) is 9.36. The van der Waals surface area contributed by atoms with E-state index < -0.39 is 47.3 Å². The summed E-state index contributed by atoms with van der Waals surface area (Å²) >= 11 is 25.0. The van der Waals surface area contributed by atoms with Crippen LogP contribution in [-0.4, -0.2) is 47.3 Å². The third-order valence-electron chi connectivity index (χ3n) is 9.74. The lowest BCUT2D eigenvalue weighted by Gasteiger charge is -2.17. The summed E-state index contributed by atoms with van der Waals surface area (Å²) in [5.41, 5.74) is 4.80. The first-order chi connectivity index (χ1) is 30.3. The van der Waals surface area contributed by atoms with Gasteiger partial charge in [0.05, 0.1) is 43.3 Å². The summed E-state index contributed by atoms with van der Waals surface area (Å²) in [4.78, 5) is 78.3. The summed E-state index contributed by atoms with van der Waals surface area (Å²) in [5, 5.41) is 26.8. The van der Waals surface area contributed by atoms with E-state index in [1.54, 1.807) is 50.2 Å². The van der Waals surface area contributed by atoms with Crippen molar-refractivity contribution in [3.05, 3.63) is 140 Å². The molecule has 0 aliphatic heterocycles. The maximum absolute atomic E-state index is 13.4. The Bertz CT molecular complexity index is 2520. The molecule has 0 saturated heterocycles. The number of nitrogens with zero attached hydrogens (tertiary/aromatic N) is 4. The van der Waals surface area contributed by atoms with E-state index in [9.17, 15) is 28.8 Å². The summed E-state index contributed by atoms with van der Waals surface area (Å²) in [7, 11) is 0. The molecule has 14 nitrogen and oxygen atoms in total. The quantitative estimate of drug-likeness (QED) is 0.0431. The zero-order valence-corrected chi connectivity index (χ0v) is 38.3. The predicted molar refractivity (Wildman–Crippen MR) is 251 cm³/mol. The van der Waals surface area contributed by atoms with Crippen molar-refractivity contribution in [2.45, 2.75) is 64.4 Å². The molecule has 0 bridgehead atoms. The number of carbonyl (C=O) groups is 6. The predicted octanol–water partition coefficient (Wildman–Crippen LogP) is 12.1. The number of hydrogen-bond acceptors (Lipinski definition) is 10. The number of ketones is 2. The van der Waals surface area contributed by atoms with Crippen molar-refractivity contribution in [3.8, 4) is 0 Å². The van der Waals surface area contributed by atoms with Crippen molar-refractivity contribution < 1.29 is 28.8 Å². The van der Waals surface area contributed by atoms with Crippen molar-refractivity contribution in [1.82, 2.24) is 0 Å². The monoisotopic (exact) mass is 942 g/mol. The lowest BCUT2D eigenvalue weighted by Crippen LogP contribution is -2.33. The highest BCUT2D eigenvalue weighted by Gasteiger charge is 2.27. The molecule has 4 atom stereocenters. The highest BCUT2D eigenvalue weighted by Crippen LogP contribution is 2.30. The van der Waals surface area contributed by atoms with Crippen LogP contribution in [0.25, 0.3) is 0 Å². The van der Waals surface area contributed by atoms with E-state index >= 15 is 0 Å². The van der Waals surface area contributed by atoms with E-state index in [0.29, 0.717) is 33.9 Å². The van der Waals surface area contributed by atoms with Gasteiger partial charge in [0.25, 0.3) is 23.6 Å². The normalized spacial score (nSPS) is 13.2. The van der Waals surface area contributed by atoms with Gasteiger partial charge in [-0.1, -0.05) is 47.5 Å². The maximum Gasteiger partial charge on any atom is 0.258 e. The van der Waals surface area contributed by atoms with Crippen LogP contribution in [0.2, 0.25) is 10.0 Å². The van der Waals surface area contributed by atoms with Crippen LogP contribution >= 0.6 is 46.4 Å². The van der Waals surface area contributed by atoms with Gasteiger partial charge in [-0.3, -0.25) is 28.8 Å². The van der Waals surface area contributed by atoms with Gasteiger partial charge in [-0.25, -0.2) is 0 Å². The molecule has 0 saturated carbocycles. The van der Waals surface area contributed by atoms with Crippen LogP contribution in [0.15, 0.2) is 118 Å². The number of rotatable bonds is 16. The fourth-order valence-electron chi connectivity index (χ4n) is 6.00. The van der Waals surface area contributed by atoms with Crippen molar-refractivity contribution in [3.63, 3.8) is 0 Å². The molecule has 330 valence electrons. The van der Waals surface area contributed by atoms with Crippen LogP contribution in [-0.2, 0) is 19.2 Å². The van der Waals surface area contributed by atoms with Crippen molar-refractivity contribution in [2.75, 3.05) is 21.3 Å². The topological polar surface area (TPSA) is 200 Å². The van der Waals surface area contributed by atoms with Crippen LogP contribution in [0.3, 0.4) is 0 Å². The van der Waals surface area contributed by atoms with Crippen LogP contribution < -0.4 is 21.3 Å². The van der Waals surface area contributed by atoms with Crippen molar-refractivity contribution in [1.29, 1.82) is 0 Å². The Labute approximate surface area is 389 Å². The molecule has 64 heavy (non-hydrogen) atoms. The van der Waals surface area contributed by atoms with E-state index in [0.717, 1.165) is 11.1 Å². The summed E-state index contributed by atoms with van der Waals surface area (Å²) in [6.07, 6.45) is 0.